The third-order valence-corrected chi connectivity index (χ3v) is 2.65. The molecule has 72 valence electrons. The van der Waals surface area contributed by atoms with Gasteiger partial charge in [-0.15, -0.1) is 0 Å². The van der Waals surface area contributed by atoms with Gasteiger partial charge in [-0.2, -0.15) is 4.98 Å². The molecule has 0 aliphatic carbocycles. The van der Waals surface area contributed by atoms with Gasteiger partial charge in [0.15, 0.2) is 0 Å². The summed E-state index contributed by atoms with van der Waals surface area (Å²) >= 11 is 4.99. The van der Waals surface area contributed by atoms with Crippen molar-refractivity contribution in [3.63, 3.8) is 0 Å². The molecule has 14 heavy (non-hydrogen) atoms. The van der Waals surface area contributed by atoms with Gasteiger partial charge >= 0.3 is 0 Å². The molecule has 0 aliphatic heterocycles. The van der Waals surface area contributed by atoms with Crippen LogP contribution in [-0.4, -0.2) is 10.1 Å². The Hall–Kier alpha value is -0.500. The van der Waals surface area contributed by atoms with Crippen LogP contribution in [0.3, 0.4) is 0 Å². The molecule has 0 unspecified atom stereocenters. The van der Waals surface area contributed by atoms with E-state index in [0.717, 1.165) is 0 Å². The van der Waals surface area contributed by atoms with Crippen molar-refractivity contribution >= 4 is 38.5 Å². The maximum atomic E-state index is 13.1. The molecule has 6 heteroatoms. The van der Waals surface area contributed by atoms with Crippen LogP contribution in [0.5, 0.6) is 0 Å². The average Bonchev–Trinajstić information content (AvgIpc) is 2.57. The van der Waals surface area contributed by atoms with Gasteiger partial charge in [-0.3, -0.25) is 0 Å². The molecule has 0 aliphatic rings. The van der Waals surface area contributed by atoms with Crippen molar-refractivity contribution in [3.05, 3.63) is 32.3 Å². The zero-order chi connectivity index (χ0) is 10.1. The lowest BCUT2D eigenvalue weighted by Crippen LogP contribution is -1.82. The quantitative estimate of drug-likeness (QED) is 0.725. The Morgan fingerprint density at radius 2 is 2.21 bits per heavy atom. The van der Waals surface area contributed by atoms with E-state index in [2.05, 4.69) is 26.1 Å². The first-order valence-electron chi connectivity index (χ1n) is 3.61. The molecule has 0 fully saturated rings. The second-order valence-corrected chi connectivity index (χ2v) is 4.32. The van der Waals surface area contributed by atoms with Crippen molar-refractivity contribution in [1.29, 1.82) is 0 Å². The number of benzene rings is 1. The van der Waals surface area contributed by atoms with Crippen LogP contribution < -0.4 is 0 Å². The SMILES string of the molecule is Fc1cc(-c2nc(I)no2)ccc1Br. The first kappa shape index (κ1) is 10.0. The van der Waals surface area contributed by atoms with E-state index < -0.39 is 0 Å². The van der Waals surface area contributed by atoms with Gasteiger partial charge in [0, 0.05) is 28.2 Å². The molecule has 3 nitrogen and oxygen atoms in total. The highest BCUT2D eigenvalue weighted by Gasteiger charge is 2.08. The van der Waals surface area contributed by atoms with Crippen LogP contribution in [0.2, 0.25) is 0 Å². The highest BCUT2D eigenvalue weighted by atomic mass is 127. The first-order chi connectivity index (χ1) is 6.66. The van der Waals surface area contributed by atoms with E-state index >= 15 is 0 Å². The fourth-order valence-electron chi connectivity index (χ4n) is 0.952. The summed E-state index contributed by atoms with van der Waals surface area (Å²) in [6, 6.07) is 4.65. The minimum atomic E-state index is -0.351. The molecule has 0 radical (unpaired) electrons. The van der Waals surface area contributed by atoms with Gasteiger partial charge in [-0.25, -0.2) is 4.39 Å². The fourth-order valence-corrected chi connectivity index (χ4v) is 1.52. The van der Waals surface area contributed by atoms with Gasteiger partial charge in [-0.05, 0) is 34.1 Å². The molecule has 0 saturated heterocycles. The predicted octanol–water partition coefficient (Wildman–Crippen LogP) is 3.24. The highest BCUT2D eigenvalue weighted by molar-refractivity contribution is 14.1. The van der Waals surface area contributed by atoms with Crippen LogP contribution in [0.4, 0.5) is 4.39 Å². The summed E-state index contributed by atoms with van der Waals surface area (Å²) in [6.45, 7) is 0. The Balaban J connectivity index is 2.47. The third-order valence-electron chi connectivity index (χ3n) is 1.57. The highest BCUT2D eigenvalue weighted by Crippen LogP contribution is 2.23. The number of hydrogen-bond donors (Lipinski definition) is 0. The van der Waals surface area contributed by atoms with Gasteiger partial charge in [0.05, 0.1) is 4.47 Å². The molecule has 1 aromatic carbocycles. The predicted molar refractivity (Wildman–Crippen MR) is 60.1 cm³/mol. The minimum absolute atomic E-state index is 0.320. The summed E-state index contributed by atoms with van der Waals surface area (Å²) in [6.07, 6.45) is 0. The Bertz CT molecular complexity index is 474. The monoisotopic (exact) mass is 368 g/mol. The third kappa shape index (κ3) is 1.95. The van der Waals surface area contributed by atoms with Crippen molar-refractivity contribution < 1.29 is 8.91 Å². The molecule has 1 aromatic heterocycles. The second kappa shape index (κ2) is 3.93. The molecule has 0 atom stereocenters. The van der Waals surface area contributed by atoms with E-state index in [4.69, 9.17) is 4.52 Å². The van der Waals surface area contributed by atoms with Gasteiger partial charge in [-0.1, -0.05) is 5.16 Å². The Morgan fingerprint density at radius 1 is 1.43 bits per heavy atom. The molecule has 0 amide bonds. The summed E-state index contributed by atoms with van der Waals surface area (Å²) in [5.74, 6) is -0.0310. The van der Waals surface area contributed by atoms with Crippen LogP contribution in [0.1, 0.15) is 0 Å². The maximum absolute atomic E-state index is 13.1. The number of aromatic nitrogens is 2. The van der Waals surface area contributed by atoms with Gasteiger partial charge in [0.25, 0.3) is 5.89 Å². The first-order valence-corrected chi connectivity index (χ1v) is 5.48. The largest absolute Gasteiger partial charge is 0.333 e. The molecular formula is C8H3BrFIN2O. The van der Waals surface area contributed by atoms with Crippen LogP contribution in [0.25, 0.3) is 11.5 Å². The lowest BCUT2D eigenvalue weighted by Gasteiger charge is -1.96. The Kier molecular flexibility index (Phi) is 2.82. The van der Waals surface area contributed by atoms with E-state index in [1.807, 2.05) is 22.6 Å². The van der Waals surface area contributed by atoms with E-state index in [1.54, 1.807) is 12.1 Å². The van der Waals surface area contributed by atoms with Gasteiger partial charge < -0.3 is 4.52 Å². The summed E-state index contributed by atoms with van der Waals surface area (Å²) in [7, 11) is 0. The van der Waals surface area contributed by atoms with Crippen molar-refractivity contribution in [2.24, 2.45) is 0 Å². The lowest BCUT2D eigenvalue weighted by molar-refractivity contribution is 0.425. The molecule has 0 spiro atoms. The zero-order valence-corrected chi connectivity index (χ0v) is 10.4. The number of halogens is 3. The molecule has 0 N–H and O–H groups in total. The number of hydrogen-bond acceptors (Lipinski definition) is 3. The standard InChI is InChI=1S/C8H3BrFIN2O/c9-5-2-1-4(3-6(5)10)7-12-8(11)13-14-7/h1-3H. The van der Waals surface area contributed by atoms with Crippen molar-refractivity contribution in [1.82, 2.24) is 10.1 Å². The lowest BCUT2D eigenvalue weighted by atomic mass is 10.2. The van der Waals surface area contributed by atoms with E-state index in [1.165, 1.54) is 6.07 Å². The topological polar surface area (TPSA) is 38.9 Å². The zero-order valence-electron chi connectivity index (χ0n) is 6.67. The summed E-state index contributed by atoms with van der Waals surface area (Å²) in [5.41, 5.74) is 0.570. The summed E-state index contributed by atoms with van der Waals surface area (Å²) in [4.78, 5) is 3.98. The number of nitrogens with zero attached hydrogens (tertiary/aromatic N) is 2. The van der Waals surface area contributed by atoms with E-state index in [9.17, 15) is 4.39 Å². The van der Waals surface area contributed by atoms with Crippen molar-refractivity contribution in [2.45, 2.75) is 0 Å². The molecule has 2 aromatic rings. The smallest absolute Gasteiger partial charge is 0.258 e. The Labute approximate surface area is 101 Å². The average molecular weight is 369 g/mol. The van der Waals surface area contributed by atoms with Crippen molar-refractivity contribution in [2.75, 3.05) is 0 Å². The van der Waals surface area contributed by atoms with Gasteiger partial charge in [0.1, 0.15) is 5.82 Å². The van der Waals surface area contributed by atoms with Crippen LogP contribution in [-0.2, 0) is 0 Å². The minimum Gasteiger partial charge on any atom is -0.333 e. The normalized spacial score (nSPS) is 10.5. The van der Waals surface area contributed by atoms with E-state index in [0.29, 0.717) is 19.8 Å². The molecule has 2 rings (SSSR count). The molecule has 1 heterocycles. The van der Waals surface area contributed by atoms with Crippen LogP contribution in [0, 0.1) is 9.65 Å². The van der Waals surface area contributed by atoms with Gasteiger partial charge in [0.2, 0.25) is 3.83 Å². The maximum Gasteiger partial charge on any atom is 0.258 e. The molecule has 0 bridgehead atoms. The second-order valence-electron chi connectivity index (χ2n) is 2.50. The van der Waals surface area contributed by atoms with Crippen LogP contribution >= 0.6 is 38.5 Å². The molecular weight excluding hydrogens is 366 g/mol. The summed E-state index contributed by atoms with van der Waals surface area (Å²) < 4.78 is 18.9. The fraction of sp³-hybridized carbons (Fsp3) is 0. The summed E-state index contributed by atoms with van der Waals surface area (Å²) in [5, 5.41) is 3.61. The molecule has 0 saturated carbocycles. The Morgan fingerprint density at radius 3 is 2.79 bits per heavy atom. The van der Waals surface area contributed by atoms with Crippen molar-refractivity contribution in [3.8, 4) is 11.5 Å². The van der Waals surface area contributed by atoms with Crippen LogP contribution in [0.15, 0.2) is 27.2 Å². The number of rotatable bonds is 1. The van der Waals surface area contributed by atoms with E-state index in [-0.39, 0.29) is 5.82 Å².